The van der Waals surface area contributed by atoms with Crippen LogP contribution in [0.25, 0.3) is 0 Å². The molecule has 2 aromatic carbocycles. The second-order valence-electron chi connectivity index (χ2n) is 7.36. The number of anilines is 1. The summed E-state index contributed by atoms with van der Waals surface area (Å²) >= 11 is 3.06. The Bertz CT molecular complexity index is 1430. The summed E-state index contributed by atoms with van der Waals surface area (Å²) in [5.41, 5.74) is 0.896. The predicted molar refractivity (Wildman–Crippen MR) is 127 cm³/mol. The van der Waals surface area contributed by atoms with Crippen LogP contribution in [0.5, 0.6) is 11.5 Å². The van der Waals surface area contributed by atoms with Crippen LogP contribution >= 0.6 is 15.9 Å². The van der Waals surface area contributed by atoms with Gasteiger partial charge in [-0.3, -0.25) is 14.9 Å². The van der Waals surface area contributed by atoms with E-state index >= 15 is 0 Å². The monoisotopic (exact) mass is 541 g/mol. The number of rotatable bonds is 8. The van der Waals surface area contributed by atoms with Gasteiger partial charge < -0.3 is 24.6 Å². The van der Waals surface area contributed by atoms with Gasteiger partial charge in [0.2, 0.25) is 0 Å². The summed E-state index contributed by atoms with van der Waals surface area (Å²) in [5, 5.41) is 28.7. The van der Waals surface area contributed by atoms with Crippen LogP contribution in [0.4, 0.5) is 17.2 Å². The zero-order valence-electron chi connectivity index (χ0n) is 18.0. The van der Waals surface area contributed by atoms with Crippen molar-refractivity contribution in [2.45, 2.75) is 13.5 Å². The molecule has 1 amide bonds. The Morgan fingerprint density at radius 1 is 1.09 bits per heavy atom. The fraction of sp³-hybridized carbons (Fsp3) is 0.0909. The molecule has 0 bridgehead atoms. The minimum atomic E-state index is -0.648. The number of nitrogens with zero attached hydrogens (tertiary/aromatic N) is 4. The topological polar surface area (TPSA) is 156 Å². The predicted octanol–water partition coefficient (Wildman–Crippen LogP) is 5.46. The number of hydrogen-bond donors (Lipinski definition) is 1. The van der Waals surface area contributed by atoms with Crippen molar-refractivity contribution in [3.63, 3.8) is 0 Å². The summed E-state index contributed by atoms with van der Waals surface area (Å²) in [5.74, 6) is -0.0795. The van der Waals surface area contributed by atoms with Crippen molar-refractivity contribution in [3.05, 3.63) is 103 Å². The lowest BCUT2D eigenvalue weighted by atomic mass is 10.2. The number of aryl methyl sites for hydroxylation is 1. The van der Waals surface area contributed by atoms with Crippen LogP contribution in [-0.4, -0.2) is 25.5 Å². The number of carbonyl (C=O) groups excluding carboxylic acids is 1. The van der Waals surface area contributed by atoms with Crippen molar-refractivity contribution < 1.29 is 23.8 Å². The Morgan fingerprint density at radius 3 is 2.49 bits per heavy atom. The van der Waals surface area contributed by atoms with Gasteiger partial charge in [0.15, 0.2) is 5.76 Å². The van der Waals surface area contributed by atoms with Gasteiger partial charge in [-0.05, 0) is 52.0 Å². The molecule has 0 saturated carbocycles. The number of amides is 1. The molecule has 0 fully saturated rings. The highest BCUT2D eigenvalue weighted by Gasteiger charge is 2.20. The number of carbonyl (C=O) groups is 1. The van der Waals surface area contributed by atoms with Gasteiger partial charge in [0.1, 0.15) is 28.3 Å². The van der Waals surface area contributed by atoms with Gasteiger partial charge in [0, 0.05) is 12.1 Å². The third-order valence-electron chi connectivity index (χ3n) is 4.69. The lowest BCUT2D eigenvalue weighted by Gasteiger charge is -2.09. The van der Waals surface area contributed by atoms with Crippen molar-refractivity contribution in [1.29, 1.82) is 0 Å². The highest BCUT2D eigenvalue weighted by molar-refractivity contribution is 9.10. The van der Waals surface area contributed by atoms with Crippen LogP contribution in [-0.2, 0) is 6.54 Å². The number of benzene rings is 2. The van der Waals surface area contributed by atoms with Crippen LogP contribution in [0.2, 0.25) is 0 Å². The van der Waals surface area contributed by atoms with Gasteiger partial charge in [-0.2, -0.15) is 4.68 Å². The largest absolute Gasteiger partial charge is 0.457 e. The maximum Gasteiger partial charge on any atom is 0.404 e. The number of nitrogens with one attached hydrogen (secondary N) is 1. The SMILES string of the molecule is Cc1ccc(Oc2cc(NC(=O)c3ccc(Cn4cc(Br)c([N+](=O)[O-])n4)o3)cc([N+](=O)[O-])c2)cc1. The average Bonchev–Trinajstić information content (AvgIpc) is 3.42. The maximum absolute atomic E-state index is 12.7. The normalized spacial score (nSPS) is 10.7. The van der Waals surface area contributed by atoms with Gasteiger partial charge in [-0.25, -0.2) is 0 Å². The summed E-state index contributed by atoms with van der Waals surface area (Å²) in [4.78, 5) is 33.8. The van der Waals surface area contributed by atoms with E-state index in [0.29, 0.717) is 11.5 Å². The molecule has 0 atom stereocenters. The number of aromatic nitrogens is 2. The highest BCUT2D eigenvalue weighted by atomic mass is 79.9. The van der Waals surface area contributed by atoms with E-state index in [1.54, 1.807) is 12.1 Å². The van der Waals surface area contributed by atoms with Gasteiger partial charge >= 0.3 is 5.82 Å². The molecule has 12 nitrogen and oxygen atoms in total. The Kier molecular flexibility index (Phi) is 6.59. The molecule has 0 aliphatic carbocycles. The van der Waals surface area contributed by atoms with Crippen molar-refractivity contribution in [2.75, 3.05) is 5.32 Å². The van der Waals surface area contributed by atoms with Crippen LogP contribution in [0, 0.1) is 27.2 Å². The molecule has 0 saturated heterocycles. The molecule has 0 spiro atoms. The molecule has 2 aromatic heterocycles. The molecule has 0 radical (unpaired) electrons. The van der Waals surface area contributed by atoms with Gasteiger partial charge in [-0.1, -0.05) is 17.7 Å². The Balaban J connectivity index is 1.50. The zero-order chi connectivity index (χ0) is 25.1. The number of non-ortho nitro benzene ring substituents is 1. The molecule has 0 aliphatic rings. The van der Waals surface area contributed by atoms with Crippen molar-refractivity contribution in [3.8, 4) is 11.5 Å². The first-order valence-corrected chi connectivity index (χ1v) is 10.8. The van der Waals surface area contributed by atoms with Crippen LogP contribution in [0.1, 0.15) is 21.9 Å². The molecular weight excluding hydrogens is 526 g/mol. The second-order valence-corrected chi connectivity index (χ2v) is 8.22. The molecule has 4 aromatic rings. The lowest BCUT2D eigenvalue weighted by Crippen LogP contribution is -2.11. The van der Waals surface area contributed by atoms with E-state index in [9.17, 15) is 25.0 Å². The lowest BCUT2D eigenvalue weighted by molar-refractivity contribution is -0.390. The first-order chi connectivity index (χ1) is 16.7. The van der Waals surface area contributed by atoms with Crippen LogP contribution in [0.15, 0.2) is 69.7 Å². The van der Waals surface area contributed by atoms with E-state index < -0.39 is 15.8 Å². The van der Waals surface area contributed by atoms with Gasteiger partial charge in [0.25, 0.3) is 11.6 Å². The van der Waals surface area contributed by atoms with Crippen molar-refractivity contribution in [1.82, 2.24) is 9.78 Å². The zero-order valence-corrected chi connectivity index (χ0v) is 19.6. The Hall–Kier alpha value is -4.52. The molecule has 4 rings (SSSR count). The van der Waals surface area contributed by atoms with E-state index in [1.807, 2.05) is 19.1 Å². The van der Waals surface area contributed by atoms with Gasteiger partial charge in [-0.15, -0.1) is 0 Å². The molecule has 178 valence electrons. The molecule has 1 N–H and O–H groups in total. The van der Waals surface area contributed by atoms with Gasteiger partial charge in [0.05, 0.1) is 28.0 Å². The standard InChI is InChI=1S/C22H16BrN5O7/c1-13-2-4-16(5-3-13)34-18-9-14(8-15(10-18)27(30)31)24-22(29)20-7-6-17(35-20)11-26-12-19(23)21(25-26)28(32)33/h2-10,12H,11H2,1H3,(H,24,29). The van der Waals surface area contributed by atoms with Crippen LogP contribution < -0.4 is 10.1 Å². The maximum atomic E-state index is 12.7. The summed E-state index contributed by atoms with van der Waals surface area (Å²) < 4.78 is 12.7. The van der Waals surface area contributed by atoms with Crippen LogP contribution in [0.3, 0.4) is 0 Å². The minimum Gasteiger partial charge on any atom is -0.457 e. The summed E-state index contributed by atoms with van der Waals surface area (Å²) in [6.45, 7) is 1.97. The molecule has 35 heavy (non-hydrogen) atoms. The van der Waals surface area contributed by atoms with E-state index in [2.05, 4.69) is 26.3 Å². The Labute approximate surface area is 205 Å². The average molecular weight is 542 g/mol. The van der Waals surface area contributed by atoms with Crippen molar-refractivity contribution in [2.24, 2.45) is 0 Å². The molecule has 2 heterocycles. The number of hydrogen-bond acceptors (Lipinski definition) is 8. The molecule has 0 unspecified atom stereocenters. The van der Waals surface area contributed by atoms with Crippen molar-refractivity contribution >= 4 is 39.0 Å². The third-order valence-corrected chi connectivity index (χ3v) is 5.25. The number of halogens is 1. The first-order valence-electron chi connectivity index (χ1n) is 9.99. The quantitative estimate of drug-likeness (QED) is 0.227. The summed E-state index contributed by atoms with van der Waals surface area (Å²) in [6, 6.07) is 14.0. The number of ether oxygens (including phenoxy) is 1. The van der Waals surface area contributed by atoms with E-state index in [4.69, 9.17) is 9.15 Å². The number of furan rings is 1. The Morgan fingerprint density at radius 2 is 1.83 bits per heavy atom. The second kappa shape index (κ2) is 9.77. The fourth-order valence-corrected chi connectivity index (χ4v) is 3.55. The fourth-order valence-electron chi connectivity index (χ4n) is 3.09. The third kappa shape index (κ3) is 5.70. The van der Waals surface area contributed by atoms with E-state index in [0.717, 1.165) is 5.56 Å². The minimum absolute atomic E-state index is 0.0467. The smallest absolute Gasteiger partial charge is 0.404 e. The molecular formula is C22H16BrN5O7. The summed E-state index contributed by atoms with van der Waals surface area (Å²) in [6.07, 6.45) is 1.42. The number of nitro groups is 2. The molecule has 13 heteroatoms. The van der Waals surface area contributed by atoms with E-state index in [-0.39, 0.29) is 39.7 Å². The first kappa shape index (κ1) is 23.6. The number of nitro benzene ring substituents is 1. The summed E-state index contributed by atoms with van der Waals surface area (Å²) in [7, 11) is 0. The molecule has 0 aliphatic heterocycles. The van der Waals surface area contributed by atoms with E-state index in [1.165, 1.54) is 41.2 Å². The highest BCUT2D eigenvalue weighted by Crippen LogP contribution is 2.30.